The lowest BCUT2D eigenvalue weighted by Gasteiger charge is -2.14. The lowest BCUT2D eigenvalue weighted by molar-refractivity contribution is -0.137. The fraction of sp³-hybridized carbons (Fsp3) is 0.267. The van der Waals surface area contributed by atoms with Gasteiger partial charge in [0.1, 0.15) is 5.82 Å². The SMILES string of the molecule is Nc1ncccc1CC(N)Cc1cccc(C(F)(F)F)c1. The maximum absolute atomic E-state index is 12.6. The second-order valence-electron chi connectivity index (χ2n) is 4.91. The average molecular weight is 295 g/mol. The second-order valence-corrected chi connectivity index (χ2v) is 4.91. The molecule has 3 nitrogen and oxygen atoms in total. The summed E-state index contributed by atoms with van der Waals surface area (Å²) in [4.78, 5) is 3.96. The molecule has 1 heterocycles. The van der Waals surface area contributed by atoms with Gasteiger partial charge in [-0.05, 0) is 36.1 Å². The van der Waals surface area contributed by atoms with E-state index >= 15 is 0 Å². The Balaban J connectivity index is 2.06. The third-order valence-corrected chi connectivity index (χ3v) is 3.16. The number of alkyl halides is 3. The molecule has 4 N–H and O–H groups in total. The molecule has 6 heteroatoms. The van der Waals surface area contributed by atoms with E-state index in [4.69, 9.17) is 11.5 Å². The zero-order chi connectivity index (χ0) is 15.5. The highest BCUT2D eigenvalue weighted by Crippen LogP contribution is 2.29. The molecule has 0 aliphatic heterocycles. The molecule has 0 saturated carbocycles. The highest BCUT2D eigenvalue weighted by atomic mass is 19.4. The van der Waals surface area contributed by atoms with E-state index in [2.05, 4.69) is 4.98 Å². The molecule has 2 aromatic rings. The van der Waals surface area contributed by atoms with Gasteiger partial charge >= 0.3 is 6.18 Å². The van der Waals surface area contributed by atoms with Crippen molar-refractivity contribution < 1.29 is 13.2 Å². The van der Waals surface area contributed by atoms with Crippen molar-refractivity contribution in [1.82, 2.24) is 4.98 Å². The van der Waals surface area contributed by atoms with E-state index in [0.717, 1.165) is 17.7 Å². The molecular weight excluding hydrogens is 279 g/mol. The Kier molecular flexibility index (Phi) is 4.47. The smallest absolute Gasteiger partial charge is 0.383 e. The molecule has 0 saturated heterocycles. The largest absolute Gasteiger partial charge is 0.416 e. The lowest BCUT2D eigenvalue weighted by atomic mass is 9.99. The van der Waals surface area contributed by atoms with Gasteiger partial charge in [-0.15, -0.1) is 0 Å². The zero-order valence-corrected chi connectivity index (χ0v) is 11.3. The monoisotopic (exact) mass is 295 g/mol. The summed E-state index contributed by atoms with van der Waals surface area (Å²) in [5.41, 5.74) is 12.4. The quantitative estimate of drug-likeness (QED) is 0.911. The molecule has 0 amide bonds. The Morgan fingerprint density at radius 2 is 1.86 bits per heavy atom. The van der Waals surface area contributed by atoms with Crippen LogP contribution in [0.3, 0.4) is 0 Å². The minimum absolute atomic E-state index is 0.319. The van der Waals surface area contributed by atoms with E-state index < -0.39 is 11.7 Å². The van der Waals surface area contributed by atoms with Crippen LogP contribution in [0.4, 0.5) is 19.0 Å². The van der Waals surface area contributed by atoms with Crippen LogP contribution in [0.2, 0.25) is 0 Å². The number of nitrogens with zero attached hydrogens (tertiary/aromatic N) is 1. The highest BCUT2D eigenvalue weighted by Gasteiger charge is 2.30. The number of hydrogen-bond acceptors (Lipinski definition) is 3. The molecule has 0 aliphatic rings. The first-order valence-corrected chi connectivity index (χ1v) is 6.47. The van der Waals surface area contributed by atoms with Crippen LogP contribution in [0.5, 0.6) is 0 Å². The molecule has 0 radical (unpaired) electrons. The first-order valence-electron chi connectivity index (χ1n) is 6.47. The molecule has 1 aromatic heterocycles. The lowest BCUT2D eigenvalue weighted by Crippen LogP contribution is -2.26. The van der Waals surface area contributed by atoms with E-state index in [1.54, 1.807) is 18.3 Å². The Bertz CT molecular complexity index is 611. The van der Waals surface area contributed by atoms with Gasteiger partial charge in [0.15, 0.2) is 0 Å². The van der Waals surface area contributed by atoms with Crippen LogP contribution in [0, 0.1) is 0 Å². The van der Waals surface area contributed by atoms with Gasteiger partial charge < -0.3 is 11.5 Å². The summed E-state index contributed by atoms with van der Waals surface area (Å²) in [6, 6.07) is 8.46. The van der Waals surface area contributed by atoms with Crippen LogP contribution in [0.25, 0.3) is 0 Å². The van der Waals surface area contributed by atoms with Crippen molar-refractivity contribution >= 4 is 5.82 Å². The zero-order valence-electron chi connectivity index (χ0n) is 11.3. The Hall–Kier alpha value is -2.08. The average Bonchev–Trinajstić information content (AvgIpc) is 2.41. The van der Waals surface area contributed by atoms with Crippen molar-refractivity contribution in [2.24, 2.45) is 5.73 Å². The Labute approximate surface area is 120 Å². The van der Waals surface area contributed by atoms with Crippen molar-refractivity contribution in [2.75, 3.05) is 5.73 Å². The maximum Gasteiger partial charge on any atom is 0.416 e. The molecule has 0 spiro atoms. The highest BCUT2D eigenvalue weighted by molar-refractivity contribution is 5.39. The van der Waals surface area contributed by atoms with Crippen molar-refractivity contribution in [3.8, 4) is 0 Å². The number of anilines is 1. The van der Waals surface area contributed by atoms with Gasteiger partial charge in [-0.3, -0.25) is 0 Å². The number of nitrogen functional groups attached to an aromatic ring is 1. The molecule has 0 aliphatic carbocycles. The first kappa shape index (κ1) is 15.3. The molecule has 1 unspecified atom stereocenters. The fourth-order valence-corrected chi connectivity index (χ4v) is 2.16. The van der Waals surface area contributed by atoms with Gasteiger partial charge in [-0.25, -0.2) is 4.98 Å². The molecule has 21 heavy (non-hydrogen) atoms. The van der Waals surface area contributed by atoms with Gasteiger partial charge in [0.25, 0.3) is 0 Å². The van der Waals surface area contributed by atoms with Gasteiger partial charge in [0.2, 0.25) is 0 Å². The molecular formula is C15H16F3N3. The van der Waals surface area contributed by atoms with E-state index in [-0.39, 0.29) is 6.04 Å². The topological polar surface area (TPSA) is 64.9 Å². The molecule has 1 aromatic carbocycles. The van der Waals surface area contributed by atoms with Gasteiger partial charge in [-0.2, -0.15) is 13.2 Å². The molecule has 0 fully saturated rings. The number of aromatic nitrogens is 1. The third kappa shape index (κ3) is 4.19. The molecule has 2 rings (SSSR count). The Morgan fingerprint density at radius 3 is 2.52 bits per heavy atom. The van der Waals surface area contributed by atoms with Crippen LogP contribution in [-0.2, 0) is 19.0 Å². The number of hydrogen-bond donors (Lipinski definition) is 2. The first-order chi connectivity index (χ1) is 9.86. The summed E-state index contributed by atoms with van der Waals surface area (Å²) in [5, 5.41) is 0. The predicted octanol–water partition coefficient (Wildman–Crippen LogP) is 2.80. The van der Waals surface area contributed by atoms with Crippen LogP contribution in [0.15, 0.2) is 42.6 Å². The van der Waals surface area contributed by atoms with E-state index in [1.807, 2.05) is 6.07 Å². The summed E-state index contributed by atoms with van der Waals surface area (Å²) in [5.74, 6) is 0.400. The van der Waals surface area contributed by atoms with Gasteiger partial charge in [-0.1, -0.05) is 24.3 Å². The predicted molar refractivity (Wildman–Crippen MR) is 75.5 cm³/mol. The van der Waals surface area contributed by atoms with Crippen LogP contribution >= 0.6 is 0 Å². The number of pyridine rings is 1. The number of halogens is 3. The number of benzene rings is 1. The Morgan fingerprint density at radius 1 is 1.10 bits per heavy atom. The summed E-state index contributed by atoms with van der Waals surface area (Å²) < 4.78 is 37.9. The summed E-state index contributed by atoms with van der Waals surface area (Å²) in [7, 11) is 0. The molecule has 112 valence electrons. The van der Waals surface area contributed by atoms with Crippen LogP contribution < -0.4 is 11.5 Å². The van der Waals surface area contributed by atoms with Crippen LogP contribution in [-0.4, -0.2) is 11.0 Å². The van der Waals surface area contributed by atoms with E-state index in [9.17, 15) is 13.2 Å². The minimum Gasteiger partial charge on any atom is -0.383 e. The normalized spacial score (nSPS) is 13.1. The molecule has 1 atom stereocenters. The molecule has 0 bridgehead atoms. The minimum atomic E-state index is -4.34. The summed E-state index contributed by atoms with van der Waals surface area (Å²) >= 11 is 0. The van der Waals surface area contributed by atoms with Crippen molar-refractivity contribution in [3.63, 3.8) is 0 Å². The fourth-order valence-electron chi connectivity index (χ4n) is 2.16. The van der Waals surface area contributed by atoms with E-state index in [0.29, 0.717) is 24.2 Å². The third-order valence-electron chi connectivity index (χ3n) is 3.16. The summed E-state index contributed by atoms with van der Waals surface area (Å²) in [6.07, 6.45) is -1.95. The van der Waals surface area contributed by atoms with Crippen LogP contribution in [0.1, 0.15) is 16.7 Å². The maximum atomic E-state index is 12.6. The standard InChI is InChI=1S/C15H16F3N3/c16-15(17,18)12-5-1-3-10(7-12)8-13(19)9-11-4-2-6-21-14(11)20/h1-7,13H,8-9,19H2,(H2,20,21). The van der Waals surface area contributed by atoms with Crippen molar-refractivity contribution in [1.29, 1.82) is 0 Å². The van der Waals surface area contributed by atoms with Crippen molar-refractivity contribution in [2.45, 2.75) is 25.1 Å². The second kappa shape index (κ2) is 6.13. The van der Waals surface area contributed by atoms with Gasteiger partial charge in [0, 0.05) is 12.2 Å². The van der Waals surface area contributed by atoms with E-state index in [1.165, 1.54) is 6.07 Å². The number of rotatable bonds is 4. The summed E-state index contributed by atoms with van der Waals surface area (Å²) in [6.45, 7) is 0. The van der Waals surface area contributed by atoms with Crippen molar-refractivity contribution in [3.05, 3.63) is 59.3 Å². The number of nitrogens with two attached hydrogens (primary N) is 2. The van der Waals surface area contributed by atoms with Gasteiger partial charge in [0.05, 0.1) is 5.56 Å².